The second-order valence-corrected chi connectivity index (χ2v) is 5.69. The summed E-state index contributed by atoms with van der Waals surface area (Å²) in [5.41, 5.74) is 2.10. The number of furan rings is 1. The molecule has 0 aliphatic heterocycles. The van der Waals surface area contributed by atoms with Gasteiger partial charge in [-0.05, 0) is 32.4 Å². The smallest absolute Gasteiger partial charge is 0.318 e. The Morgan fingerprint density at radius 3 is 2.61 bits per heavy atom. The first kappa shape index (κ1) is 16.9. The maximum absolute atomic E-state index is 12.6. The molecule has 1 aromatic carbocycles. The lowest BCUT2D eigenvalue weighted by Crippen LogP contribution is -2.40. The molecule has 0 saturated heterocycles. The van der Waals surface area contributed by atoms with Crippen molar-refractivity contribution in [2.45, 2.75) is 33.4 Å². The van der Waals surface area contributed by atoms with Gasteiger partial charge in [-0.25, -0.2) is 4.79 Å². The van der Waals surface area contributed by atoms with Crippen molar-refractivity contribution in [3.8, 4) is 0 Å². The zero-order chi connectivity index (χ0) is 16.8. The lowest BCUT2D eigenvalue weighted by Gasteiger charge is -2.24. The van der Waals surface area contributed by atoms with Crippen molar-refractivity contribution in [1.82, 2.24) is 10.2 Å². The fourth-order valence-electron chi connectivity index (χ4n) is 2.61. The van der Waals surface area contributed by atoms with Crippen LogP contribution in [0.1, 0.15) is 35.6 Å². The van der Waals surface area contributed by atoms with Crippen molar-refractivity contribution in [3.63, 3.8) is 0 Å². The van der Waals surface area contributed by atoms with Gasteiger partial charge in [-0.1, -0.05) is 36.4 Å². The molecular weight excluding hydrogens is 288 g/mol. The minimum Gasteiger partial charge on any atom is -0.466 e. The number of nitrogens with one attached hydrogen (secondary N) is 1. The SMILES string of the molecule is C=CCN(Cc1ccccc1)C(=O)NC(C)c1cc(C)oc1C. The molecule has 2 aromatic rings. The predicted octanol–water partition coefficient (Wildman–Crippen LogP) is 4.36. The average molecular weight is 312 g/mol. The fourth-order valence-corrected chi connectivity index (χ4v) is 2.61. The van der Waals surface area contributed by atoms with Gasteiger partial charge in [0.25, 0.3) is 0 Å². The number of carbonyl (C=O) groups is 1. The fraction of sp³-hybridized carbons (Fsp3) is 0.316. The highest BCUT2D eigenvalue weighted by Gasteiger charge is 2.18. The highest BCUT2D eigenvalue weighted by molar-refractivity contribution is 5.75. The predicted molar refractivity (Wildman–Crippen MR) is 92.2 cm³/mol. The van der Waals surface area contributed by atoms with E-state index in [1.807, 2.05) is 57.2 Å². The molecule has 0 fully saturated rings. The summed E-state index contributed by atoms with van der Waals surface area (Å²) in [6, 6.07) is 11.7. The molecule has 0 aliphatic rings. The Bertz CT molecular complexity index is 661. The monoisotopic (exact) mass is 312 g/mol. The van der Waals surface area contributed by atoms with Crippen LogP contribution in [0.4, 0.5) is 4.79 Å². The van der Waals surface area contributed by atoms with E-state index in [0.29, 0.717) is 13.1 Å². The van der Waals surface area contributed by atoms with Gasteiger partial charge in [0.1, 0.15) is 11.5 Å². The number of urea groups is 1. The van der Waals surface area contributed by atoms with Gasteiger partial charge >= 0.3 is 6.03 Å². The highest BCUT2D eigenvalue weighted by Crippen LogP contribution is 2.21. The van der Waals surface area contributed by atoms with Crippen molar-refractivity contribution < 1.29 is 9.21 Å². The number of amides is 2. The van der Waals surface area contributed by atoms with E-state index in [2.05, 4.69) is 11.9 Å². The quantitative estimate of drug-likeness (QED) is 0.806. The topological polar surface area (TPSA) is 45.5 Å². The third-order valence-electron chi connectivity index (χ3n) is 3.74. The zero-order valence-corrected chi connectivity index (χ0v) is 14.0. The van der Waals surface area contributed by atoms with Crippen LogP contribution in [-0.4, -0.2) is 17.5 Å². The van der Waals surface area contributed by atoms with Crippen LogP contribution in [0.2, 0.25) is 0 Å². The van der Waals surface area contributed by atoms with Crippen molar-refractivity contribution in [2.24, 2.45) is 0 Å². The van der Waals surface area contributed by atoms with Gasteiger partial charge in [0.05, 0.1) is 6.04 Å². The van der Waals surface area contributed by atoms with Gasteiger partial charge in [0.15, 0.2) is 0 Å². The summed E-state index contributed by atoms with van der Waals surface area (Å²) in [5, 5.41) is 3.03. The first-order chi connectivity index (χ1) is 11.0. The Balaban J connectivity index is 2.05. The van der Waals surface area contributed by atoms with E-state index in [9.17, 15) is 4.79 Å². The van der Waals surface area contributed by atoms with Crippen LogP contribution in [0.15, 0.2) is 53.5 Å². The van der Waals surface area contributed by atoms with E-state index >= 15 is 0 Å². The second kappa shape index (κ2) is 7.68. The summed E-state index contributed by atoms with van der Waals surface area (Å²) >= 11 is 0. The minimum absolute atomic E-state index is 0.108. The molecule has 1 unspecified atom stereocenters. The lowest BCUT2D eigenvalue weighted by molar-refractivity contribution is 0.197. The summed E-state index contributed by atoms with van der Waals surface area (Å²) in [4.78, 5) is 14.3. The van der Waals surface area contributed by atoms with Gasteiger partial charge < -0.3 is 14.6 Å². The Labute approximate surface area is 137 Å². The van der Waals surface area contributed by atoms with Crippen LogP contribution in [0.3, 0.4) is 0 Å². The third kappa shape index (κ3) is 4.49. The van der Waals surface area contributed by atoms with E-state index in [1.54, 1.807) is 11.0 Å². The van der Waals surface area contributed by atoms with Gasteiger partial charge in [-0.2, -0.15) is 0 Å². The second-order valence-electron chi connectivity index (χ2n) is 5.69. The van der Waals surface area contributed by atoms with E-state index in [1.165, 1.54) is 0 Å². The van der Waals surface area contributed by atoms with Crippen molar-refractivity contribution in [1.29, 1.82) is 0 Å². The molecule has 1 heterocycles. The van der Waals surface area contributed by atoms with Crippen molar-refractivity contribution >= 4 is 6.03 Å². The Hall–Kier alpha value is -2.49. The molecule has 1 N–H and O–H groups in total. The van der Waals surface area contributed by atoms with E-state index < -0.39 is 0 Å². The molecule has 23 heavy (non-hydrogen) atoms. The maximum Gasteiger partial charge on any atom is 0.318 e. The Kier molecular flexibility index (Phi) is 5.63. The minimum atomic E-state index is -0.112. The number of nitrogens with zero attached hydrogens (tertiary/aromatic N) is 1. The van der Waals surface area contributed by atoms with Crippen LogP contribution in [0.5, 0.6) is 0 Å². The molecule has 0 saturated carbocycles. The number of benzene rings is 1. The lowest BCUT2D eigenvalue weighted by atomic mass is 10.1. The summed E-state index contributed by atoms with van der Waals surface area (Å²) in [6.45, 7) is 10.6. The van der Waals surface area contributed by atoms with E-state index in [4.69, 9.17) is 4.42 Å². The number of hydrogen-bond donors (Lipinski definition) is 1. The highest BCUT2D eigenvalue weighted by atomic mass is 16.3. The first-order valence-corrected chi connectivity index (χ1v) is 7.78. The maximum atomic E-state index is 12.6. The largest absolute Gasteiger partial charge is 0.466 e. The molecule has 122 valence electrons. The molecule has 0 bridgehead atoms. The molecule has 0 spiro atoms. The molecule has 1 aromatic heterocycles. The first-order valence-electron chi connectivity index (χ1n) is 7.78. The molecule has 2 amide bonds. The van der Waals surface area contributed by atoms with Crippen molar-refractivity contribution in [3.05, 3.63) is 71.7 Å². The summed E-state index contributed by atoms with van der Waals surface area (Å²) < 4.78 is 5.54. The van der Waals surface area contributed by atoms with Gasteiger partial charge in [-0.15, -0.1) is 6.58 Å². The molecule has 4 heteroatoms. The molecule has 1 atom stereocenters. The number of hydrogen-bond acceptors (Lipinski definition) is 2. The van der Waals surface area contributed by atoms with Crippen LogP contribution < -0.4 is 5.32 Å². The number of rotatable bonds is 6. The Morgan fingerprint density at radius 2 is 2.04 bits per heavy atom. The number of aryl methyl sites for hydroxylation is 2. The van der Waals surface area contributed by atoms with E-state index in [0.717, 1.165) is 22.6 Å². The van der Waals surface area contributed by atoms with Crippen LogP contribution in [-0.2, 0) is 6.54 Å². The van der Waals surface area contributed by atoms with Gasteiger partial charge in [0.2, 0.25) is 0 Å². The standard InChI is InChI=1S/C19H24N2O2/c1-5-11-21(13-17-9-7-6-8-10-17)19(22)20-15(3)18-12-14(2)23-16(18)4/h5-10,12,15H,1,11,13H2,2-4H3,(H,20,22). The van der Waals surface area contributed by atoms with E-state index in [-0.39, 0.29) is 12.1 Å². The third-order valence-corrected chi connectivity index (χ3v) is 3.74. The molecule has 4 nitrogen and oxygen atoms in total. The number of carbonyl (C=O) groups excluding carboxylic acids is 1. The van der Waals surface area contributed by atoms with Gasteiger partial charge in [-0.3, -0.25) is 0 Å². The zero-order valence-electron chi connectivity index (χ0n) is 14.0. The normalized spacial score (nSPS) is 11.8. The molecule has 2 rings (SSSR count). The summed E-state index contributed by atoms with van der Waals surface area (Å²) in [6.07, 6.45) is 1.74. The van der Waals surface area contributed by atoms with Crippen LogP contribution in [0.25, 0.3) is 0 Å². The van der Waals surface area contributed by atoms with Gasteiger partial charge in [0, 0.05) is 18.7 Å². The molecule has 0 aliphatic carbocycles. The molecule has 0 radical (unpaired) electrons. The molecular formula is C19H24N2O2. The summed E-state index contributed by atoms with van der Waals surface area (Å²) in [5.74, 6) is 1.69. The van der Waals surface area contributed by atoms with Crippen LogP contribution in [0, 0.1) is 13.8 Å². The van der Waals surface area contributed by atoms with Crippen molar-refractivity contribution in [2.75, 3.05) is 6.54 Å². The Morgan fingerprint density at radius 1 is 1.35 bits per heavy atom. The summed E-state index contributed by atoms with van der Waals surface area (Å²) in [7, 11) is 0. The van der Waals surface area contributed by atoms with Crippen LogP contribution >= 0.6 is 0 Å². The average Bonchev–Trinajstić information content (AvgIpc) is 2.86.